The summed E-state index contributed by atoms with van der Waals surface area (Å²) in [6.07, 6.45) is 2.13. The van der Waals surface area contributed by atoms with Gasteiger partial charge in [0.15, 0.2) is 11.5 Å². The summed E-state index contributed by atoms with van der Waals surface area (Å²) in [5.74, 6) is 1.07. The third kappa shape index (κ3) is 4.56. The number of carbonyl (C=O) groups is 1. The molecule has 0 saturated heterocycles. The highest BCUT2D eigenvalue weighted by molar-refractivity contribution is 6.04. The van der Waals surface area contributed by atoms with Gasteiger partial charge in [0.25, 0.3) is 5.91 Å². The molecule has 5 heteroatoms. The van der Waals surface area contributed by atoms with Crippen molar-refractivity contribution in [1.29, 1.82) is 0 Å². The first kappa shape index (κ1) is 18.7. The molecule has 3 aromatic rings. The fourth-order valence-electron chi connectivity index (χ4n) is 2.76. The second-order valence-electron chi connectivity index (χ2n) is 6.52. The summed E-state index contributed by atoms with van der Waals surface area (Å²) in [6, 6.07) is 15.1. The van der Waals surface area contributed by atoms with Gasteiger partial charge in [0.1, 0.15) is 5.75 Å². The summed E-state index contributed by atoms with van der Waals surface area (Å²) in [4.78, 5) is 12.5. The Kier molecular flexibility index (Phi) is 5.91. The zero-order chi connectivity index (χ0) is 19.2. The number of aryl methyl sites for hydroxylation is 2. The molecule has 3 rings (SSSR count). The summed E-state index contributed by atoms with van der Waals surface area (Å²) in [7, 11) is 0. The quantitative estimate of drug-likeness (QED) is 0.571. The number of para-hydroxylation sites is 1. The summed E-state index contributed by atoms with van der Waals surface area (Å²) in [5.41, 5.74) is 3.91. The second kappa shape index (κ2) is 8.54. The Morgan fingerprint density at radius 2 is 1.81 bits per heavy atom. The molecule has 2 aromatic carbocycles. The molecular formula is C22H24N2O3. The molecule has 0 aliphatic carbocycles. The molecular weight excluding hydrogens is 340 g/mol. The maximum atomic E-state index is 12.5. The Balaban J connectivity index is 1.70. The molecule has 1 amide bonds. The van der Waals surface area contributed by atoms with E-state index in [0.29, 0.717) is 12.4 Å². The second-order valence-corrected chi connectivity index (χ2v) is 6.52. The van der Waals surface area contributed by atoms with E-state index in [4.69, 9.17) is 9.26 Å². The van der Waals surface area contributed by atoms with Gasteiger partial charge in [0.2, 0.25) is 0 Å². The molecule has 0 saturated carbocycles. The van der Waals surface area contributed by atoms with Gasteiger partial charge < -0.3 is 14.6 Å². The largest absolute Gasteiger partial charge is 0.494 e. The fourth-order valence-corrected chi connectivity index (χ4v) is 2.76. The Morgan fingerprint density at radius 3 is 2.48 bits per heavy atom. The maximum absolute atomic E-state index is 12.5. The van der Waals surface area contributed by atoms with Crippen LogP contribution in [-0.2, 0) is 0 Å². The van der Waals surface area contributed by atoms with E-state index in [1.54, 1.807) is 6.07 Å². The number of nitrogens with one attached hydrogen (secondary N) is 1. The number of rotatable bonds is 7. The van der Waals surface area contributed by atoms with E-state index in [0.717, 1.165) is 41.0 Å². The monoisotopic (exact) mass is 364 g/mol. The lowest BCUT2D eigenvalue weighted by molar-refractivity contribution is 0.101. The number of hydrogen-bond donors (Lipinski definition) is 1. The topological polar surface area (TPSA) is 64.4 Å². The third-order valence-corrected chi connectivity index (χ3v) is 4.37. The van der Waals surface area contributed by atoms with E-state index in [9.17, 15) is 4.79 Å². The van der Waals surface area contributed by atoms with Gasteiger partial charge in [-0.3, -0.25) is 4.79 Å². The first-order chi connectivity index (χ1) is 13.1. The van der Waals surface area contributed by atoms with E-state index in [1.165, 1.54) is 0 Å². The highest BCUT2D eigenvalue weighted by Gasteiger charge is 2.15. The van der Waals surface area contributed by atoms with Crippen LogP contribution >= 0.6 is 0 Å². The molecule has 0 aliphatic rings. The lowest BCUT2D eigenvalue weighted by atomic mass is 10.1. The van der Waals surface area contributed by atoms with Crippen LogP contribution in [0.25, 0.3) is 11.3 Å². The molecule has 0 aliphatic heterocycles. The van der Waals surface area contributed by atoms with Crippen LogP contribution in [0.5, 0.6) is 5.75 Å². The molecule has 5 nitrogen and oxygen atoms in total. The van der Waals surface area contributed by atoms with E-state index >= 15 is 0 Å². The average Bonchev–Trinajstić information content (AvgIpc) is 3.16. The summed E-state index contributed by atoms with van der Waals surface area (Å²) < 4.78 is 11.0. The van der Waals surface area contributed by atoms with Crippen LogP contribution in [0, 0.1) is 13.8 Å². The zero-order valence-electron chi connectivity index (χ0n) is 15.9. The molecule has 1 aromatic heterocycles. The van der Waals surface area contributed by atoms with Crippen molar-refractivity contribution >= 4 is 11.6 Å². The number of benzene rings is 2. The molecule has 0 spiro atoms. The minimum Gasteiger partial charge on any atom is -0.494 e. The van der Waals surface area contributed by atoms with E-state index in [1.807, 2.05) is 56.3 Å². The summed E-state index contributed by atoms with van der Waals surface area (Å²) >= 11 is 0. The molecule has 1 N–H and O–H groups in total. The molecule has 0 radical (unpaired) electrons. The SMILES string of the molecule is CCCCOc1ccc(-c2cc(C(=O)Nc3c(C)cccc3C)no2)cc1. The number of aromatic nitrogens is 1. The van der Waals surface area contributed by atoms with Gasteiger partial charge in [-0.15, -0.1) is 0 Å². The van der Waals surface area contributed by atoms with Crippen molar-refractivity contribution in [2.24, 2.45) is 0 Å². The molecule has 27 heavy (non-hydrogen) atoms. The molecule has 0 atom stereocenters. The standard InChI is InChI=1S/C22H24N2O3/c1-4-5-13-26-18-11-9-17(10-12-18)20-14-19(24-27-20)22(25)23-21-15(2)7-6-8-16(21)3/h6-12,14H,4-5,13H2,1-3H3,(H,23,25). The van der Waals surface area contributed by atoms with Crippen molar-refractivity contribution in [3.8, 4) is 17.1 Å². The van der Waals surface area contributed by atoms with Gasteiger partial charge in [-0.25, -0.2) is 0 Å². The lowest BCUT2D eigenvalue weighted by Crippen LogP contribution is -2.14. The van der Waals surface area contributed by atoms with Crippen LogP contribution in [0.15, 0.2) is 53.1 Å². The van der Waals surface area contributed by atoms with Crippen LogP contribution in [-0.4, -0.2) is 17.7 Å². The van der Waals surface area contributed by atoms with Crippen molar-refractivity contribution in [3.63, 3.8) is 0 Å². The van der Waals surface area contributed by atoms with Gasteiger partial charge in [0.05, 0.1) is 6.61 Å². The minimum atomic E-state index is -0.290. The lowest BCUT2D eigenvalue weighted by Gasteiger charge is -2.09. The van der Waals surface area contributed by atoms with Gasteiger partial charge in [-0.1, -0.05) is 36.7 Å². The molecule has 0 fully saturated rings. The zero-order valence-corrected chi connectivity index (χ0v) is 15.9. The van der Waals surface area contributed by atoms with Gasteiger partial charge in [-0.05, 0) is 55.7 Å². The molecule has 0 unspecified atom stereocenters. The van der Waals surface area contributed by atoms with Crippen molar-refractivity contribution < 1.29 is 14.1 Å². The Bertz CT molecular complexity index is 893. The number of anilines is 1. The molecule has 1 heterocycles. The number of amides is 1. The number of unbranched alkanes of at least 4 members (excludes halogenated alkanes) is 1. The number of carbonyl (C=O) groups excluding carboxylic acids is 1. The van der Waals surface area contributed by atoms with Crippen LogP contribution in [0.2, 0.25) is 0 Å². The average molecular weight is 364 g/mol. The van der Waals surface area contributed by atoms with E-state index in [-0.39, 0.29) is 11.6 Å². The van der Waals surface area contributed by atoms with Gasteiger partial charge >= 0.3 is 0 Å². The van der Waals surface area contributed by atoms with Crippen LogP contribution < -0.4 is 10.1 Å². The maximum Gasteiger partial charge on any atom is 0.277 e. The predicted molar refractivity (Wildman–Crippen MR) is 106 cm³/mol. The van der Waals surface area contributed by atoms with E-state index < -0.39 is 0 Å². The van der Waals surface area contributed by atoms with Crippen LogP contribution in [0.3, 0.4) is 0 Å². The van der Waals surface area contributed by atoms with Gasteiger partial charge in [0, 0.05) is 17.3 Å². The summed E-state index contributed by atoms with van der Waals surface area (Å²) in [6.45, 7) is 6.76. The van der Waals surface area contributed by atoms with Crippen molar-refractivity contribution in [2.75, 3.05) is 11.9 Å². The highest BCUT2D eigenvalue weighted by Crippen LogP contribution is 2.25. The van der Waals surface area contributed by atoms with Crippen LogP contribution in [0.4, 0.5) is 5.69 Å². The number of nitrogens with zero attached hydrogens (tertiary/aromatic N) is 1. The predicted octanol–water partition coefficient (Wildman–Crippen LogP) is 5.39. The summed E-state index contributed by atoms with van der Waals surface area (Å²) in [5, 5.41) is 6.83. The molecule has 140 valence electrons. The van der Waals surface area contributed by atoms with Crippen LogP contribution in [0.1, 0.15) is 41.4 Å². The highest BCUT2D eigenvalue weighted by atomic mass is 16.5. The first-order valence-corrected chi connectivity index (χ1v) is 9.16. The fraction of sp³-hybridized carbons (Fsp3) is 0.273. The Labute approximate surface area is 159 Å². The number of ether oxygens (including phenoxy) is 1. The third-order valence-electron chi connectivity index (χ3n) is 4.37. The van der Waals surface area contributed by atoms with Crippen molar-refractivity contribution in [2.45, 2.75) is 33.6 Å². The first-order valence-electron chi connectivity index (χ1n) is 9.16. The Hall–Kier alpha value is -3.08. The number of hydrogen-bond acceptors (Lipinski definition) is 4. The van der Waals surface area contributed by atoms with Crippen molar-refractivity contribution in [3.05, 3.63) is 65.4 Å². The smallest absolute Gasteiger partial charge is 0.277 e. The molecule has 0 bridgehead atoms. The Morgan fingerprint density at radius 1 is 1.11 bits per heavy atom. The minimum absolute atomic E-state index is 0.246. The van der Waals surface area contributed by atoms with Gasteiger partial charge in [-0.2, -0.15) is 0 Å². The normalized spacial score (nSPS) is 10.6. The van der Waals surface area contributed by atoms with E-state index in [2.05, 4.69) is 17.4 Å². The van der Waals surface area contributed by atoms with Crippen molar-refractivity contribution in [1.82, 2.24) is 5.16 Å².